The minimum Gasteiger partial charge on any atom is -0.269 e. The molecule has 0 N–H and O–H groups in total. The minimum absolute atomic E-state index is 0.253. The Morgan fingerprint density at radius 3 is 2.44 bits per heavy atom. The highest BCUT2D eigenvalue weighted by atomic mass is 79.9. The molecule has 1 aliphatic heterocycles. The number of carbonyl (C=O) groups is 2. The zero-order valence-corrected chi connectivity index (χ0v) is 10.5. The van der Waals surface area contributed by atoms with Crippen molar-refractivity contribution in [3.8, 4) is 0 Å². The Labute approximate surface area is 102 Å². The van der Waals surface area contributed by atoms with Gasteiger partial charge in [0.15, 0.2) is 0 Å². The minimum atomic E-state index is -0.284. The number of imide groups is 1. The second-order valence-electron chi connectivity index (χ2n) is 3.71. The molecule has 0 aliphatic carbocycles. The molecule has 0 saturated heterocycles. The monoisotopic (exact) mass is 279 g/mol. The van der Waals surface area contributed by atoms with Crippen LogP contribution in [0, 0.1) is 6.92 Å². The molecule has 3 nitrogen and oxygen atoms in total. The fraction of sp³-hybridized carbons (Fsp3) is 0.167. The summed E-state index contributed by atoms with van der Waals surface area (Å²) >= 11 is 3.40. The van der Waals surface area contributed by atoms with Crippen molar-refractivity contribution in [2.45, 2.75) is 13.8 Å². The van der Waals surface area contributed by atoms with E-state index in [0.717, 1.165) is 10.0 Å². The van der Waals surface area contributed by atoms with E-state index in [9.17, 15) is 9.59 Å². The van der Waals surface area contributed by atoms with E-state index in [-0.39, 0.29) is 11.8 Å². The van der Waals surface area contributed by atoms with Crippen LogP contribution in [0.25, 0.3) is 0 Å². The Bertz CT molecular complexity index is 520. The number of hydrogen-bond donors (Lipinski definition) is 0. The number of hydrogen-bond acceptors (Lipinski definition) is 2. The van der Waals surface area contributed by atoms with Crippen molar-refractivity contribution < 1.29 is 9.59 Å². The summed E-state index contributed by atoms with van der Waals surface area (Å²) in [5.41, 5.74) is 2.06. The molecule has 1 aromatic carbocycles. The van der Waals surface area contributed by atoms with Crippen molar-refractivity contribution in [3.05, 3.63) is 39.9 Å². The standard InChI is InChI=1S/C12H10BrNO2/c1-7-4-3-5-9(11(7)13)14-10(15)6-8(2)12(14)16/h3-6H,1-2H3. The van der Waals surface area contributed by atoms with Gasteiger partial charge in [0.1, 0.15) is 0 Å². The Hall–Kier alpha value is -1.42. The molecule has 16 heavy (non-hydrogen) atoms. The molecule has 0 saturated carbocycles. The molecule has 0 fully saturated rings. The summed E-state index contributed by atoms with van der Waals surface area (Å²) in [5.74, 6) is -0.537. The SMILES string of the molecule is CC1=CC(=O)N(c2cccc(C)c2Br)C1=O. The van der Waals surface area contributed by atoms with E-state index < -0.39 is 0 Å². The van der Waals surface area contributed by atoms with Crippen LogP contribution in [-0.2, 0) is 9.59 Å². The molecule has 0 aromatic heterocycles. The maximum atomic E-state index is 11.8. The van der Waals surface area contributed by atoms with Gasteiger partial charge in [-0.1, -0.05) is 12.1 Å². The molecule has 0 radical (unpaired) electrons. The lowest BCUT2D eigenvalue weighted by atomic mass is 10.2. The van der Waals surface area contributed by atoms with Crippen molar-refractivity contribution >= 4 is 33.4 Å². The highest BCUT2D eigenvalue weighted by molar-refractivity contribution is 9.10. The predicted molar refractivity (Wildman–Crippen MR) is 65.1 cm³/mol. The molecule has 0 spiro atoms. The molecule has 1 aliphatic rings. The van der Waals surface area contributed by atoms with Crippen molar-refractivity contribution in [1.29, 1.82) is 0 Å². The van der Waals surface area contributed by atoms with Crippen LogP contribution in [0.3, 0.4) is 0 Å². The fourth-order valence-corrected chi connectivity index (χ4v) is 2.06. The maximum absolute atomic E-state index is 11.8. The third-order valence-corrected chi connectivity index (χ3v) is 3.54. The van der Waals surface area contributed by atoms with Crippen LogP contribution in [0.4, 0.5) is 5.69 Å². The number of halogens is 1. The second kappa shape index (κ2) is 3.87. The number of nitrogens with zero attached hydrogens (tertiary/aromatic N) is 1. The molecule has 4 heteroatoms. The first-order valence-corrected chi connectivity index (χ1v) is 5.63. The van der Waals surface area contributed by atoms with Crippen LogP contribution < -0.4 is 4.90 Å². The summed E-state index contributed by atoms with van der Waals surface area (Å²) in [6, 6.07) is 5.49. The van der Waals surface area contributed by atoms with Gasteiger partial charge in [0, 0.05) is 16.1 Å². The van der Waals surface area contributed by atoms with Gasteiger partial charge >= 0.3 is 0 Å². The van der Waals surface area contributed by atoms with Gasteiger partial charge in [-0.25, -0.2) is 4.90 Å². The summed E-state index contributed by atoms with van der Waals surface area (Å²) in [6.45, 7) is 3.56. The maximum Gasteiger partial charge on any atom is 0.261 e. The van der Waals surface area contributed by atoms with Gasteiger partial charge in [-0.15, -0.1) is 0 Å². The number of rotatable bonds is 1. The smallest absolute Gasteiger partial charge is 0.261 e. The molecule has 1 heterocycles. The Balaban J connectivity index is 2.51. The van der Waals surface area contributed by atoms with Crippen LogP contribution in [0.2, 0.25) is 0 Å². The van der Waals surface area contributed by atoms with Gasteiger partial charge in [-0.05, 0) is 41.4 Å². The van der Waals surface area contributed by atoms with Crippen LogP contribution >= 0.6 is 15.9 Å². The Morgan fingerprint density at radius 2 is 1.88 bits per heavy atom. The van der Waals surface area contributed by atoms with E-state index in [1.54, 1.807) is 13.0 Å². The van der Waals surface area contributed by atoms with Crippen molar-refractivity contribution in [2.24, 2.45) is 0 Å². The quantitative estimate of drug-likeness (QED) is 0.741. The van der Waals surface area contributed by atoms with Gasteiger partial charge in [0.25, 0.3) is 11.8 Å². The first-order valence-electron chi connectivity index (χ1n) is 4.84. The summed E-state index contributed by atoms with van der Waals surface area (Å²) in [4.78, 5) is 24.6. The largest absolute Gasteiger partial charge is 0.269 e. The summed E-state index contributed by atoms with van der Waals surface area (Å²) in [7, 11) is 0. The van der Waals surface area contributed by atoms with Crippen molar-refractivity contribution in [3.63, 3.8) is 0 Å². The van der Waals surface area contributed by atoms with Crippen LogP contribution in [0.1, 0.15) is 12.5 Å². The Kier molecular flexibility index (Phi) is 2.68. The summed E-state index contributed by atoms with van der Waals surface area (Å²) in [6.07, 6.45) is 1.36. The van der Waals surface area contributed by atoms with Crippen LogP contribution in [-0.4, -0.2) is 11.8 Å². The first-order chi connectivity index (χ1) is 7.52. The van der Waals surface area contributed by atoms with Gasteiger partial charge in [-0.2, -0.15) is 0 Å². The third-order valence-electron chi connectivity index (χ3n) is 2.51. The number of benzene rings is 1. The lowest BCUT2D eigenvalue weighted by Crippen LogP contribution is -2.30. The van der Waals surface area contributed by atoms with E-state index in [2.05, 4.69) is 15.9 Å². The van der Waals surface area contributed by atoms with E-state index >= 15 is 0 Å². The van der Waals surface area contributed by atoms with Crippen LogP contribution in [0.5, 0.6) is 0 Å². The normalized spacial score (nSPS) is 15.7. The molecule has 82 valence electrons. The van der Waals surface area contributed by atoms with E-state index in [4.69, 9.17) is 0 Å². The topological polar surface area (TPSA) is 37.4 Å². The van der Waals surface area contributed by atoms with Gasteiger partial charge < -0.3 is 0 Å². The van der Waals surface area contributed by atoms with Gasteiger partial charge in [0.2, 0.25) is 0 Å². The van der Waals surface area contributed by atoms with Crippen molar-refractivity contribution in [2.75, 3.05) is 4.90 Å². The highest BCUT2D eigenvalue weighted by Crippen LogP contribution is 2.32. The Morgan fingerprint density at radius 1 is 1.19 bits per heavy atom. The zero-order valence-electron chi connectivity index (χ0n) is 8.95. The fourth-order valence-electron chi connectivity index (χ4n) is 1.62. The molecule has 0 atom stereocenters. The van der Waals surface area contributed by atoms with Crippen LogP contribution in [0.15, 0.2) is 34.3 Å². The summed E-state index contributed by atoms with van der Waals surface area (Å²) in [5, 5.41) is 0. The van der Waals surface area contributed by atoms with E-state index in [1.807, 2.05) is 19.1 Å². The number of amides is 2. The molecule has 2 amide bonds. The van der Waals surface area contributed by atoms with Gasteiger partial charge in [0.05, 0.1) is 5.69 Å². The lowest BCUT2D eigenvalue weighted by molar-refractivity contribution is -0.120. The number of carbonyl (C=O) groups excluding carboxylic acids is 2. The average Bonchev–Trinajstić information content (AvgIpc) is 2.47. The third kappa shape index (κ3) is 1.59. The highest BCUT2D eigenvalue weighted by Gasteiger charge is 2.31. The number of aryl methyl sites for hydroxylation is 1. The molecule has 2 rings (SSSR count). The van der Waals surface area contributed by atoms with Crippen molar-refractivity contribution in [1.82, 2.24) is 0 Å². The molecule has 0 bridgehead atoms. The van der Waals surface area contributed by atoms with E-state index in [0.29, 0.717) is 11.3 Å². The second-order valence-corrected chi connectivity index (χ2v) is 4.51. The first kappa shape index (κ1) is 11.1. The lowest BCUT2D eigenvalue weighted by Gasteiger charge is -2.17. The number of anilines is 1. The van der Waals surface area contributed by atoms with Gasteiger partial charge in [-0.3, -0.25) is 9.59 Å². The molecular weight excluding hydrogens is 270 g/mol. The van der Waals surface area contributed by atoms with E-state index in [1.165, 1.54) is 11.0 Å². The molecular formula is C12H10BrNO2. The summed E-state index contributed by atoms with van der Waals surface area (Å²) < 4.78 is 0.778. The predicted octanol–water partition coefficient (Wildman–Crippen LogP) is 2.58. The zero-order chi connectivity index (χ0) is 11.9. The molecule has 1 aromatic rings. The molecule has 0 unspecified atom stereocenters. The average molecular weight is 280 g/mol.